The van der Waals surface area contributed by atoms with E-state index in [9.17, 15) is 8.78 Å². The second kappa shape index (κ2) is 5.07. The minimum Gasteiger partial charge on any atom is -0.472 e. The van der Waals surface area contributed by atoms with E-state index in [2.05, 4.69) is 5.43 Å². The number of rotatable bonds is 4. The minimum absolute atomic E-state index is 0.363. The molecule has 0 amide bonds. The first-order chi connectivity index (χ1) is 8.19. The SMILES string of the molecule is NNC(Cc1ccoc1)c1cc(F)cc(F)c1. The molecule has 1 aromatic heterocycles. The summed E-state index contributed by atoms with van der Waals surface area (Å²) in [7, 11) is 0. The lowest BCUT2D eigenvalue weighted by Gasteiger charge is -2.15. The van der Waals surface area contributed by atoms with Crippen molar-refractivity contribution in [1.82, 2.24) is 5.43 Å². The maximum absolute atomic E-state index is 13.1. The highest BCUT2D eigenvalue weighted by atomic mass is 19.1. The molecule has 0 saturated heterocycles. The third-order valence-electron chi connectivity index (χ3n) is 2.51. The molecule has 3 nitrogen and oxygen atoms in total. The number of hydrogen-bond acceptors (Lipinski definition) is 3. The molecule has 1 heterocycles. The zero-order valence-corrected chi connectivity index (χ0v) is 8.99. The summed E-state index contributed by atoms with van der Waals surface area (Å²) >= 11 is 0. The van der Waals surface area contributed by atoms with Gasteiger partial charge in [-0.15, -0.1) is 0 Å². The summed E-state index contributed by atoms with van der Waals surface area (Å²) in [6.45, 7) is 0. The molecule has 0 aliphatic carbocycles. The molecule has 1 aromatic carbocycles. The third-order valence-corrected chi connectivity index (χ3v) is 2.51. The molecule has 0 bridgehead atoms. The second-order valence-electron chi connectivity index (χ2n) is 3.76. The van der Waals surface area contributed by atoms with E-state index in [0.29, 0.717) is 12.0 Å². The van der Waals surface area contributed by atoms with Crippen molar-refractivity contribution < 1.29 is 13.2 Å². The van der Waals surface area contributed by atoms with Gasteiger partial charge in [0.15, 0.2) is 0 Å². The van der Waals surface area contributed by atoms with Crippen molar-refractivity contribution in [1.29, 1.82) is 0 Å². The van der Waals surface area contributed by atoms with Crippen LogP contribution in [0, 0.1) is 11.6 Å². The van der Waals surface area contributed by atoms with Crippen molar-refractivity contribution in [3.63, 3.8) is 0 Å². The normalized spacial score (nSPS) is 12.6. The van der Waals surface area contributed by atoms with Gasteiger partial charge in [0.05, 0.1) is 18.6 Å². The molecule has 90 valence electrons. The van der Waals surface area contributed by atoms with Gasteiger partial charge in [-0.05, 0) is 35.7 Å². The number of hydrogen-bond donors (Lipinski definition) is 2. The van der Waals surface area contributed by atoms with Crippen LogP contribution >= 0.6 is 0 Å². The molecular weight excluding hydrogens is 226 g/mol. The Hall–Kier alpha value is -1.72. The Morgan fingerprint density at radius 2 is 1.94 bits per heavy atom. The molecule has 1 atom stereocenters. The maximum atomic E-state index is 13.1. The largest absolute Gasteiger partial charge is 0.472 e. The zero-order chi connectivity index (χ0) is 12.3. The first-order valence-corrected chi connectivity index (χ1v) is 5.12. The van der Waals surface area contributed by atoms with Gasteiger partial charge in [-0.2, -0.15) is 0 Å². The van der Waals surface area contributed by atoms with Crippen LogP contribution < -0.4 is 11.3 Å². The Morgan fingerprint density at radius 3 is 2.47 bits per heavy atom. The Bertz CT molecular complexity index is 465. The highest BCUT2D eigenvalue weighted by Crippen LogP contribution is 2.20. The predicted molar refractivity (Wildman–Crippen MR) is 58.8 cm³/mol. The van der Waals surface area contributed by atoms with Crippen LogP contribution in [0.5, 0.6) is 0 Å². The van der Waals surface area contributed by atoms with Crippen LogP contribution in [0.15, 0.2) is 41.2 Å². The van der Waals surface area contributed by atoms with Crippen molar-refractivity contribution in [2.75, 3.05) is 0 Å². The van der Waals surface area contributed by atoms with Crippen LogP contribution in [0.3, 0.4) is 0 Å². The van der Waals surface area contributed by atoms with Crippen molar-refractivity contribution in [3.05, 3.63) is 59.6 Å². The Balaban J connectivity index is 2.22. The van der Waals surface area contributed by atoms with Crippen molar-refractivity contribution >= 4 is 0 Å². The molecule has 0 saturated carbocycles. The summed E-state index contributed by atoms with van der Waals surface area (Å²) in [4.78, 5) is 0. The molecular formula is C12H12F2N2O. The van der Waals surface area contributed by atoms with Gasteiger partial charge in [-0.1, -0.05) is 0 Å². The predicted octanol–water partition coefficient (Wildman–Crippen LogP) is 2.30. The summed E-state index contributed by atoms with van der Waals surface area (Å²) < 4.78 is 31.1. The number of halogens is 2. The molecule has 17 heavy (non-hydrogen) atoms. The van der Waals surface area contributed by atoms with E-state index in [-0.39, 0.29) is 6.04 Å². The lowest BCUT2D eigenvalue weighted by atomic mass is 10.0. The molecule has 0 radical (unpaired) electrons. The van der Waals surface area contributed by atoms with Crippen molar-refractivity contribution in [2.45, 2.75) is 12.5 Å². The molecule has 2 rings (SSSR count). The lowest BCUT2D eigenvalue weighted by molar-refractivity contribution is 0.523. The van der Waals surface area contributed by atoms with Crippen molar-refractivity contribution in [3.8, 4) is 0 Å². The molecule has 1 unspecified atom stereocenters. The minimum atomic E-state index is -0.618. The molecule has 3 N–H and O–H groups in total. The first kappa shape index (κ1) is 11.8. The van der Waals surface area contributed by atoms with Gasteiger partial charge in [0.2, 0.25) is 0 Å². The standard InChI is InChI=1S/C12H12F2N2O/c13-10-4-9(5-11(14)6-10)12(16-15)3-8-1-2-17-7-8/h1-2,4-7,12,16H,3,15H2. The Morgan fingerprint density at radius 1 is 1.24 bits per heavy atom. The smallest absolute Gasteiger partial charge is 0.126 e. The second-order valence-corrected chi connectivity index (χ2v) is 3.76. The third kappa shape index (κ3) is 2.89. The average Bonchev–Trinajstić information content (AvgIpc) is 2.77. The highest BCUT2D eigenvalue weighted by molar-refractivity contribution is 5.23. The fraction of sp³-hybridized carbons (Fsp3) is 0.167. The molecule has 5 heteroatoms. The maximum Gasteiger partial charge on any atom is 0.126 e. The number of nitrogens with two attached hydrogens (primary N) is 1. The summed E-state index contributed by atoms with van der Waals surface area (Å²) in [6.07, 6.45) is 3.60. The molecule has 2 aromatic rings. The van der Waals surface area contributed by atoms with Crippen LogP contribution in [-0.4, -0.2) is 0 Å². The van der Waals surface area contributed by atoms with Gasteiger partial charge in [-0.25, -0.2) is 8.78 Å². The Labute approximate surface area is 97.2 Å². The van der Waals surface area contributed by atoms with E-state index in [4.69, 9.17) is 10.3 Å². The molecule has 0 spiro atoms. The molecule has 0 aliphatic heterocycles. The van der Waals surface area contributed by atoms with Crippen LogP contribution in [0.4, 0.5) is 8.78 Å². The Kier molecular flexibility index (Phi) is 3.51. The number of hydrazine groups is 1. The summed E-state index contributed by atoms with van der Waals surface area (Å²) in [6, 6.07) is 4.76. The fourth-order valence-electron chi connectivity index (χ4n) is 1.69. The van der Waals surface area contributed by atoms with Crippen LogP contribution in [0.25, 0.3) is 0 Å². The lowest BCUT2D eigenvalue weighted by Crippen LogP contribution is -2.29. The van der Waals surface area contributed by atoms with Gasteiger partial charge in [-0.3, -0.25) is 11.3 Å². The van der Waals surface area contributed by atoms with E-state index in [1.54, 1.807) is 12.3 Å². The summed E-state index contributed by atoms with van der Waals surface area (Å²) in [5, 5.41) is 0. The fourth-order valence-corrected chi connectivity index (χ4v) is 1.69. The summed E-state index contributed by atoms with van der Waals surface area (Å²) in [5.41, 5.74) is 3.90. The highest BCUT2D eigenvalue weighted by Gasteiger charge is 2.13. The van der Waals surface area contributed by atoms with E-state index in [1.807, 2.05) is 0 Å². The van der Waals surface area contributed by atoms with E-state index in [1.165, 1.54) is 18.4 Å². The summed E-state index contributed by atoms with van der Waals surface area (Å²) in [5.74, 6) is 4.16. The zero-order valence-electron chi connectivity index (χ0n) is 8.99. The van der Waals surface area contributed by atoms with Crippen LogP contribution in [0.1, 0.15) is 17.2 Å². The van der Waals surface area contributed by atoms with Crippen molar-refractivity contribution in [2.24, 2.45) is 5.84 Å². The van der Waals surface area contributed by atoms with Gasteiger partial charge in [0.1, 0.15) is 11.6 Å². The van der Waals surface area contributed by atoms with Gasteiger partial charge in [0, 0.05) is 6.07 Å². The number of nitrogens with one attached hydrogen (secondary N) is 1. The monoisotopic (exact) mass is 238 g/mol. The first-order valence-electron chi connectivity index (χ1n) is 5.12. The number of benzene rings is 1. The van der Waals surface area contributed by atoms with E-state index in [0.717, 1.165) is 11.6 Å². The van der Waals surface area contributed by atoms with Crippen LogP contribution in [-0.2, 0) is 6.42 Å². The topological polar surface area (TPSA) is 51.2 Å². The van der Waals surface area contributed by atoms with Gasteiger partial charge < -0.3 is 4.42 Å². The quantitative estimate of drug-likeness (QED) is 0.634. The van der Waals surface area contributed by atoms with Gasteiger partial charge >= 0.3 is 0 Å². The number of furan rings is 1. The molecule has 0 fully saturated rings. The van der Waals surface area contributed by atoms with Crippen LogP contribution in [0.2, 0.25) is 0 Å². The van der Waals surface area contributed by atoms with Gasteiger partial charge in [0.25, 0.3) is 0 Å². The average molecular weight is 238 g/mol. The van der Waals surface area contributed by atoms with E-state index >= 15 is 0 Å². The molecule has 0 aliphatic rings. The van der Waals surface area contributed by atoms with E-state index < -0.39 is 11.6 Å².